The molecule has 0 radical (unpaired) electrons. The molecule has 3 unspecified atom stereocenters. The highest BCUT2D eigenvalue weighted by atomic mass is 16.5. The van der Waals surface area contributed by atoms with Gasteiger partial charge in [-0.25, -0.2) is 4.98 Å². The topological polar surface area (TPSA) is 67.7 Å². The summed E-state index contributed by atoms with van der Waals surface area (Å²) in [6.07, 6.45) is 13.3. The molecular weight excluding hydrogens is 366 g/mol. The Morgan fingerprint density at radius 1 is 1.10 bits per heavy atom. The van der Waals surface area contributed by atoms with E-state index >= 15 is 0 Å². The highest BCUT2D eigenvalue weighted by Crippen LogP contribution is 2.51. The summed E-state index contributed by atoms with van der Waals surface area (Å²) < 4.78 is 11.3. The minimum absolute atomic E-state index is 0.190. The summed E-state index contributed by atoms with van der Waals surface area (Å²) in [4.78, 5) is 11.5. The summed E-state index contributed by atoms with van der Waals surface area (Å²) in [5.74, 6) is 1.61. The minimum atomic E-state index is -0.920. The second-order valence-electron chi connectivity index (χ2n) is 8.76. The van der Waals surface area contributed by atoms with Crippen molar-refractivity contribution < 1.29 is 14.6 Å². The van der Waals surface area contributed by atoms with Gasteiger partial charge in [0.15, 0.2) is 0 Å². The fourth-order valence-corrected chi connectivity index (χ4v) is 5.59. The fraction of sp³-hybridized carbons (Fsp3) is 0.739. The van der Waals surface area contributed by atoms with Gasteiger partial charge in [0.2, 0.25) is 5.88 Å². The Morgan fingerprint density at radius 3 is 2.52 bits per heavy atom. The zero-order valence-electron chi connectivity index (χ0n) is 17.8. The average molecular weight is 402 g/mol. The highest BCUT2D eigenvalue weighted by molar-refractivity contribution is 5.34. The Hall–Kier alpha value is -1.66. The third kappa shape index (κ3) is 4.15. The van der Waals surface area contributed by atoms with Gasteiger partial charge in [-0.1, -0.05) is 18.6 Å². The minimum Gasteiger partial charge on any atom is -0.478 e. The van der Waals surface area contributed by atoms with Crippen LogP contribution in [0.4, 0.5) is 0 Å². The van der Waals surface area contributed by atoms with Crippen LogP contribution in [-0.2, 0) is 5.60 Å². The molecule has 29 heavy (non-hydrogen) atoms. The molecule has 0 spiro atoms. The molecule has 1 N–H and O–H groups in total. The molecule has 2 fully saturated rings. The first kappa shape index (κ1) is 20.6. The van der Waals surface area contributed by atoms with Crippen molar-refractivity contribution in [1.29, 1.82) is 0 Å². The smallest absolute Gasteiger partial charge is 0.319 e. The average Bonchev–Trinajstić information content (AvgIpc) is 2.70. The molecule has 4 rings (SSSR count). The Balaban J connectivity index is 1.58. The standard InChI is InChI=1S/C23H35N3O3/c1-3-28-21-20(13-24-22(25-21)29-4-2)23(27)18-11-8-12-19(23)16-26(15-18)14-17-9-6-5-7-10-17/h5-6,13,17-19,27H,3-4,7-12,14-16H2,1-2H3. The van der Waals surface area contributed by atoms with Crippen molar-refractivity contribution in [3.05, 3.63) is 23.9 Å². The van der Waals surface area contributed by atoms with E-state index in [4.69, 9.17) is 9.47 Å². The van der Waals surface area contributed by atoms with Crippen molar-refractivity contribution in [3.8, 4) is 11.9 Å². The van der Waals surface area contributed by atoms with E-state index in [1.54, 1.807) is 6.20 Å². The van der Waals surface area contributed by atoms with Gasteiger partial charge in [-0.05, 0) is 51.9 Å². The zero-order valence-corrected chi connectivity index (χ0v) is 17.8. The quantitative estimate of drug-likeness (QED) is 0.705. The van der Waals surface area contributed by atoms with E-state index < -0.39 is 5.60 Å². The van der Waals surface area contributed by atoms with Gasteiger partial charge >= 0.3 is 6.01 Å². The van der Waals surface area contributed by atoms with E-state index in [0.717, 1.165) is 44.0 Å². The number of piperidine rings is 1. The van der Waals surface area contributed by atoms with Crippen LogP contribution in [0.2, 0.25) is 0 Å². The van der Waals surface area contributed by atoms with Crippen molar-refractivity contribution in [3.63, 3.8) is 0 Å². The largest absolute Gasteiger partial charge is 0.478 e. The van der Waals surface area contributed by atoms with Gasteiger partial charge < -0.3 is 19.5 Å². The van der Waals surface area contributed by atoms with Crippen molar-refractivity contribution >= 4 is 0 Å². The molecule has 0 aromatic carbocycles. The summed E-state index contributed by atoms with van der Waals surface area (Å²) in [5, 5.41) is 12.0. The van der Waals surface area contributed by atoms with Gasteiger partial charge in [0.1, 0.15) is 5.60 Å². The summed E-state index contributed by atoms with van der Waals surface area (Å²) in [5.41, 5.74) is -0.172. The number of hydrogen-bond donors (Lipinski definition) is 1. The van der Waals surface area contributed by atoms with E-state index in [1.165, 1.54) is 25.7 Å². The van der Waals surface area contributed by atoms with Gasteiger partial charge in [-0.15, -0.1) is 0 Å². The van der Waals surface area contributed by atoms with Crippen LogP contribution in [0.15, 0.2) is 18.3 Å². The molecular formula is C23H35N3O3. The normalized spacial score (nSPS) is 32.2. The van der Waals surface area contributed by atoms with E-state index in [0.29, 0.717) is 25.1 Å². The molecule has 2 aliphatic carbocycles. The third-order valence-corrected chi connectivity index (χ3v) is 6.92. The van der Waals surface area contributed by atoms with Crippen LogP contribution in [-0.4, -0.2) is 52.8 Å². The first-order valence-electron chi connectivity index (χ1n) is 11.4. The van der Waals surface area contributed by atoms with Gasteiger partial charge in [0, 0.05) is 37.7 Å². The van der Waals surface area contributed by atoms with Crippen LogP contribution in [0.3, 0.4) is 0 Å². The van der Waals surface area contributed by atoms with E-state index in [1.807, 2.05) is 13.8 Å². The number of aromatic nitrogens is 2. The maximum Gasteiger partial charge on any atom is 0.319 e. The molecule has 3 atom stereocenters. The number of likely N-dealkylation sites (tertiary alicyclic amines) is 1. The van der Waals surface area contributed by atoms with Crippen molar-refractivity contribution in [2.75, 3.05) is 32.8 Å². The van der Waals surface area contributed by atoms with Crippen molar-refractivity contribution in [2.45, 2.75) is 58.0 Å². The lowest BCUT2D eigenvalue weighted by Crippen LogP contribution is -2.58. The lowest BCUT2D eigenvalue weighted by molar-refractivity contribution is -0.150. The van der Waals surface area contributed by atoms with Crippen molar-refractivity contribution in [1.82, 2.24) is 14.9 Å². The second kappa shape index (κ2) is 9.00. The van der Waals surface area contributed by atoms with Crippen LogP contribution in [0.1, 0.15) is 57.9 Å². The monoisotopic (exact) mass is 401 g/mol. The van der Waals surface area contributed by atoms with E-state index in [-0.39, 0.29) is 11.8 Å². The number of aliphatic hydroxyl groups is 1. The van der Waals surface area contributed by atoms with Crippen LogP contribution in [0.25, 0.3) is 0 Å². The molecule has 1 aromatic rings. The summed E-state index contributed by atoms with van der Waals surface area (Å²) in [7, 11) is 0. The molecule has 6 nitrogen and oxygen atoms in total. The number of nitrogens with zero attached hydrogens (tertiary/aromatic N) is 3. The van der Waals surface area contributed by atoms with Crippen LogP contribution >= 0.6 is 0 Å². The predicted octanol–water partition coefficient (Wildman–Crippen LogP) is 3.55. The Labute approximate surface area is 174 Å². The SMILES string of the molecule is CCOc1ncc(C2(O)C3CCCC2CN(CC2CC=CCC2)C3)c(OCC)n1. The number of fused-ring (bicyclic) bond motifs is 2. The number of rotatable bonds is 7. The maximum absolute atomic E-state index is 12.0. The Morgan fingerprint density at radius 2 is 1.86 bits per heavy atom. The zero-order chi connectivity index (χ0) is 20.3. The molecule has 2 bridgehead atoms. The van der Waals surface area contributed by atoms with Crippen LogP contribution in [0.5, 0.6) is 11.9 Å². The molecule has 3 aliphatic rings. The fourth-order valence-electron chi connectivity index (χ4n) is 5.59. The van der Waals surface area contributed by atoms with E-state index in [9.17, 15) is 5.11 Å². The second-order valence-corrected chi connectivity index (χ2v) is 8.76. The molecule has 160 valence electrons. The molecule has 6 heteroatoms. The van der Waals surface area contributed by atoms with E-state index in [2.05, 4.69) is 27.0 Å². The molecule has 1 aromatic heterocycles. The summed E-state index contributed by atoms with van der Waals surface area (Å²) in [6.45, 7) is 7.88. The molecule has 0 amide bonds. The molecule has 2 heterocycles. The maximum atomic E-state index is 12.0. The first-order valence-corrected chi connectivity index (χ1v) is 11.4. The van der Waals surface area contributed by atoms with Gasteiger partial charge in [0.05, 0.1) is 18.8 Å². The summed E-state index contributed by atoms with van der Waals surface area (Å²) in [6, 6.07) is 0.316. The highest BCUT2D eigenvalue weighted by Gasteiger charge is 2.53. The van der Waals surface area contributed by atoms with Crippen molar-refractivity contribution in [2.24, 2.45) is 17.8 Å². The summed E-state index contributed by atoms with van der Waals surface area (Å²) >= 11 is 0. The third-order valence-electron chi connectivity index (χ3n) is 6.92. The van der Waals surface area contributed by atoms with Crippen LogP contribution in [0, 0.1) is 17.8 Å². The van der Waals surface area contributed by atoms with Gasteiger partial charge in [-0.3, -0.25) is 0 Å². The molecule has 1 saturated carbocycles. The Kier molecular flexibility index (Phi) is 6.40. The number of ether oxygens (including phenoxy) is 2. The molecule has 1 saturated heterocycles. The molecule has 1 aliphatic heterocycles. The van der Waals surface area contributed by atoms with Gasteiger partial charge in [0.25, 0.3) is 0 Å². The van der Waals surface area contributed by atoms with Crippen LogP contribution < -0.4 is 9.47 Å². The lowest BCUT2D eigenvalue weighted by Gasteiger charge is -2.53. The first-order chi connectivity index (χ1) is 14.1. The Bertz CT molecular complexity index is 709. The van der Waals surface area contributed by atoms with Gasteiger partial charge in [-0.2, -0.15) is 4.98 Å². The number of allylic oxidation sites excluding steroid dienone is 2. The predicted molar refractivity (Wildman–Crippen MR) is 112 cm³/mol. The lowest BCUT2D eigenvalue weighted by atomic mass is 9.63. The number of hydrogen-bond acceptors (Lipinski definition) is 6.